The largest absolute Gasteiger partial charge is 0.424 e. The normalized spacial score (nSPS) is 11.6. The Morgan fingerprint density at radius 1 is 1.45 bits per heavy atom. The molecule has 0 radical (unpaired) electrons. The maximum absolute atomic E-state index is 10.6. The molecule has 0 bridgehead atoms. The summed E-state index contributed by atoms with van der Waals surface area (Å²) in [5, 5.41) is 0. The standard InChI is InChI=1S/C9H12O2/c1-4-7-8(5-2)11-9(10)6-3/h4-7H,3H2,1-2H3. The van der Waals surface area contributed by atoms with E-state index in [0.717, 1.165) is 6.08 Å². The van der Waals surface area contributed by atoms with Crippen LogP contribution in [0, 0.1) is 0 Å². The van der Waals surface area contributed by atoms with E-state index in [0.29, 0.717) is 5.76 Å². The Morgan fingerprint density at radius 2 is 2.09 bits per heavy atom. The van der Waals surface area contributed by atoms with Gasteiger partial charge in [0.25, 0.3) is 0 Å². The minimum atomic E-state index is -0.434. The van der Waals surface area contributed by atoms with Crippen LogP contribution in [0.2, 0.25) is 0 Å². The van der Waals surface area contributed by atoms with E-state index in [2.05, 4.69) is 6.58 Å². The van der Waals surface area contributed by atoms with Crippen LogP contribution >= 0.6 is 0 Å². The van der Waals surface area contributed by atoms with Crippen molar-refractivity contribution in [2.75, 3.05) is 0 Å². The van der Waals surface area contributed by atoms with Crippen molar-refractivity contribution >= 4 is 5.97 Å². The molecule has 2 nitrogen and oxygen atoms in total. The first-order chi connectivity index (χ1) is 5.24. The van der Waals surface area contributed by atoms with Crippen molar-refractivity contribution in [1.29, 1.82) is 0 Å². The molecule has 2 heteroatoms. The lowest BCUT2D eigenvalue weighted by molar-refractivity contribution is -0.133. The van der Waals surface area contributed by atoms with Crippen LogP contribution in [-0.2, 0) is 9.53 Å². The fourth-order valence-corrected chi connectivity index (χ4v) is 0.511. The van der Waals surface area contributed by atoms with E-state index < -0.39 is 5.97 Å². The maximum Gasteiger partial charge on any atom is 0.335 e. The van der Waals surface area contributed by atoms with Crippen LogP contribution in [-0.4, -0.2) is 5.97 Å². The third-order valence-corrected chi connectivity index (χ3v) is 1.00. The molecule has 60 valence electrons. The van der Waals surface area contributed by atoms with Gasteiger partial charge in [0.2, 0.25) is 0 Å². The lowest BCUT2D eigenvalue weighted by Gasteiger charge is -1.99. The molecule has 0 spiro atoms. The molecular weight excluding hydrogens is 140 g/mol. The summed E-state index contributed by atoms with van der Waals surface area (Å²) in [6.45, 7) is 6.93. The maximum atomic E-state index is 10.6. The zero-order valence-corrected chi connectivity index (χ0v) is 6.83. The van der Waals surface area contributed by atoms with Crippen LogP contribution in [0.25, 0.3) is 0 Å². The van der Waals surface area contributed by atoms with Gasteiger partial charge in [-0.15, -0.1) is 0 Å². The predicted molar refractivity (Wildman–Crippen MR) is 44.9 cm³/mol. The number of esters is 1. The molecule has 0 N–H and O–H groups in total. The molecular formula is C9H12O2. The Balaban J connectivity index is 4.10. The van der Waals surface area contributed by atoms with Gasteiger partial charge in [0.1, 0.15) is 5.76 Å². The molecule has 11 heavy (non-hydrogen) atoms. The highest BCUT2D eigenvalue weighted by Crippen LogP contribution is 1.99. The van der Waals surface area contributed by atoms with Gasteiger partial charge in [-0.1, -0.05) is 12.7 Å². The molecule has 0 amide bonds. The Bertz CT molecular complexity index is 200. The Labute approximate surface area is 66.9 Å². The van der Waals surface area contributed by atoms with E-state index in [1.807, 2.05) is 6.92 Å². The number of ether oxygens (including phenoxy) is 1. The van der Waals surface area contributed by atoms with Gasteiger partial charge in [-0.05, 0) is 26.0 Å². The molecule has 0 saturated carbocycles. The monoisotopic (exact) mass is 152 g/mol. The molecule has 0 aromatic heterocycles. The van der Waals surface area contributed by atoms with Crippen LogP contribution < -0.4 is 0 Å². The van der Waals surface area contributed by atoms with Gasteiger partial charge in [-0.25, -0.2) is 4.79 Å². The van der Waals surface area contributed by atoms with Crippen molar-refractivity contribution in [2.45, 2.75) is 13.8 Å². The highest BCUT2D eigenvalue weighted by molar-refractivity contribution is 5.82. The Kier molecular flexibility index (Phi) is 4.82. The second kappa shape index (κ2) is 5.47. The molecule has 0 rings (SSSR count). The molecule has 0 aliphatic heterocycles. The molecule has 0 unspecified atom stereocenters. The van der Waals surface area contributed by atoms with Crippen LogP contribution in [0.1, 0.15) is 13.8 Å². The molecule has 0 saturated heterocycles. The number of carbonyl (C=O) groups is 1. The van der Waals surface area contributed by atoms with E-state index in [9.17, 15) is 4.79 Å². The smallest absolute Gasteiger partial charge is 0.335 e. The number of carbonyl (C=O) groups excluding carboxylic acids is 1. The van der Waals surface area contributed by atoms with Gasteiger partial charge in [0, 0.05) is 6.08 Å². The number of hydrogen-bond acceptors (Lipinski definition) is 2. The summed E-state index contributed by atoms with van der Waals surface area (Å²) < 4.78 is 4.81. The average molecular weight is 152 g/mol. The van der Waals surface area contributed by atoms with E-state index in [1.165, 1.54) is 0 Å². The molecule has 0 aliphatic rings. The predicted octanol–water partition coefficient (Wildman–Crippen LogP) is 2.20. The molecule has 0 aliphatic carbocycles. The van der Waals surface area contributed by atoms with Gasteiger partial charge in [-0.3, -0.25) is 0 Å². The van der Waals surface area contributed by atoms with Crippen LogP contribution in [0.3, 0.4) is 0 Å². The summed E-state index contributed by atoms with van der Waals surface area (Å²) in [6, 6.07) is 0. The molecule has 0 atom stereocenters. The number of rotatable bonds is 3. The first-order valence-corrected chi connectivity index (χ1v) is 3.37. The minimum absolute atomic E-state index is 0.434. The van der Waals surface area contributed by atoms with Crippen LogP contribution in [0.4, 0.5) is 0 Å². The lowest BCUT2D eigenvalue weighted by atomic mass is 10.4. The van der Waals surface area contributed by atoms with Gasteiger partial charge in [0.15, 0.2) is 0 Å². The fraction of sp³-hybridized carbons (Fsp3) is 0.222. The summed E-state index contributed by atoms with van der Waals surface area (Å²) in [7, 11) is 0. The summed E-state index contributed by atoms with van der Waals surface area (Å²) in [5.74, 6) is 0.105. The molecule has 0 fully saturated rings. The van der Waals surface area contributed by atoms with Crippen molar-refractivity contribution in [3.05, 3.63) is 36.6 Å². The van der Waals surface area contributed by atoms with E-state index >= 15 is 0 Å². The second-order valence-corrected chi connectivity index (χ2v) is 1.82. The second-order valence-electron chi connectivity index (χ2n) is 1.82. The molecule has 0 aromatic rings. The highest BCUT2D eigenvalue weighted by atomic mass is 16.5. The van der Waals surface area contributed by atoms with Crippen LogP contribution in [0.15, 0.2) is 36.6 Å². The van der Waals surface area contributed by atoms with E-state index in [-0.39, 0.29) is 0 Å². The summed E-state index contributed by atoms with van der Waals surface area (Å²) in [4.78, 5) is 10.6. The van der Waals surface area contributed by atoms with Crippen molar-refractivity contribution < 1.29 is 9.53 Å². The molecule has 0 aromatic carbocycles. The zero-order chi connectivity index (χ0) is 8.69. The number of hydrogen-bond donors (Lipinski definition) is 0. The van der Waals surface area contributed by atoms with Crippen LogP contribution in [0.5, 0.6) is 0 Å². The van der Waals surface area contributed by atoms with Gasteiger partial charge < -0.3 is 4.74 Å². The fourth-order valence-electron chi connectivity index (χ4n) is 0.511. The van der Waals surface area contributed by atoms with Gasteiger partial charge >= 0.3 is 5.97 Å². The summed E-state index contributed by atoms with van der Waals surface area (Å²) in [5.41, 5.74) is 0. The Hall–Kier alpha value is -1.31. The molecule has 0 heterocycles. The number of allylic oxidation sites excluding steroid dienone is 3. The van der Waals surface area contributed by atoms with Crippen molar-refractivity contribution in [3.8, 4) is 0 Å². The Morgan fingerprint density at radius 3 is 2.45 bits per heavy atom. The average Bonchev–Trinajstić information content (AvgIpc) is 2.03. The quantitative estimate of drug-likeness (QED) is 0.268. The summed E-state index contributed by atoms with van der Waals surface area (Å²) in [6.07, 6.45) is 6.35. The van der Waals surface area contributed by atoms with Crippen molar-refractivity contribution in [3.63, 3.8) is 0 Å². The third-order valence-electron chi connectivity index (χ3n) is 1.00. The lowest BCUT2D eigenvalue weighted by Crippen LogP contribution is -1.97. The summed E-state index contributed by atoms with van der Waals surface area (Å²) >= 11 is 0. The van der Waals surface area contributed by atoms with E-state index in [1.54, 1.807) is 25.2 Å². The minimum Gasteiger partial charge on any atom is -0.424 e. The topological polar surface area (TPSA) is 26.3 Å². The highest BCUT2D eigenvalue weighted by Gasteiger charge is 1.96. The van der Waals surface area contributed by atoms with Gasteiger partial charge in [0.05, 0.1) is 0 Å². The van der Waals surface area contributed by atoms with Crippen molar-refractivity contribution in [1.82, 2.24) is 0 Å². The SMILES string of the molecule is C=CC(=O)OC(C=CC)=CC. The zero-order valence-electron chi connectivity index (χ0n) is 6.83. The van der Waals surface area contributed by atoms with Crippen molar-refractivity contribution in [2.24, 2.45) is 0 Å². The first-order valence-electron chi connectivity index (χ1n) is 3.37. The third kappa shape index (κ3) is 4.14. The van der Waals surface area contributed by atoms with Gasteiger partial charge in [-0.2, -0.15) is 0 Å². The van der Waals surface area contributed by atoms with E-state index in [4.69, 9.17) is 4.74 Å². The first kappa shape index (κ1) is 9.69.